The molecule has 1 aromatic carbocycles. The Labute approximate surface area is 135 Å². The number of carbonyl (C=O) groups is 2. The van der Waals surface area contributed by atoms with Crippen LogP contribution in [0.3, 0.4) is 0 Å². The molecule has 5 nitrogen and oxygen atoms in total. The molecule has 1 rings (SSSR count). The SMILES string of the molecule is CCO/C(CC(=O)C(C)(C)C)=N\C(=O)Nc1ccc(Cl)cc1. The number of halogens is 1. The number of benzene rings is 1. The van der Waals surface area contributed by atoms with E-state index in [1.54, 1.807) is 31.2 Å². The van der Waals surface area contributed by atoms with Crippen LogP contribution in [0.2, 0.25) is 5.02 Å². The van der Waals surface area contributed by atoms with Crippen molar-refractivity contribution in [3.63, 3.8) is 0 Å². The Bertz CT molecular complexity index is 560. The lowest BCUT2D eigenvalue weighted by Gasteiger charge is -2.17. The molecule has 0 aromatic heterocycles. The average molecular weight is 325 g/mol. The maximum Gasteiger partial charge on any atom is 0.348 e. The molecule has 0 atom stereocenters. The topological polar surface area (TPSA) is 67.8 Å². The number of ether oxygens (including phenoxy) is 1. The first-order chi connectivity index (χ1) is 10.2. The molecule has 2 amide bonds. The molecule has 120 valence electrons. The van der Waals surface area contributed by atoms with Gasteiger partial charge in [-0.05, 0) is 31.2 Å². The van der Waals surface area contributed by atoms with Crippen molar-refractivity contribution in [3.05, 3.63) is 29.3 Å². The summed E-state index contributed by atoms with van der Waals surface area (Å²) < 4.78 is 5.28. The van der Waals surface area contributed by atoms with Gasteiger partial charge in [-0.3, -0.25) is 4.79 Å². The normalized spacial score (nSPS) is 12.0. The fourth-order valence-corrected chi connectivity index (χ4v) is 1.62. The van der Waals surface area contributed by atoms with Crippen molar-refractivity contribution in [3.8, 4) is 0 Å². The number of nitrogens with zero attached hydrogens (tertiary/aromatic N) is 1. The smallest absolute Gasteiger partial charge is 0.348 e. The van der Waals surface area contributed by atoms with Crippen LogP contribution in [-0.4, -0.2) is 24.3 Å². The zero-order chi connectivity index (χ0) is 16.8. The third-order valence-electron chi connectivity index (χ3n) is 2.78. The standard InChI is InChI=1S/C16H21ClN2O3/c1-5-22-14(10-13(20)16(2,3)4)19-15(21)18-12-8-6-11(17)7-9-12/h6-9H,5,10H2,1-4H3,(H,18,21)/b19-14-. The van der Waals surface area contributed by atoms with Gasteiger partial charge in [0.1, 0.15) is 5.78 Å². The molecule has 0 heterocycles. The third-order valence-corrected chi connectivity index (χ3v) is 3.03. The van der Waals surface area contributed by atoms with E-state index in [0.29, 0.717) is 17.3 Å². The van der Waals surface area contributed by atoms with Crippen molar-refractivity contribution in [2.24, 2.45) is 10.4 Å². The van der Waals surface area contributed by atoms with Crippen LogP contribution in [-0.2, 0) is 9.53 Å². The Morgan fingerprint density at radius 3 is 2.32 bits per heavy atom. The summed E-state index contributed by atoms with van der Waals surface area (Å²) in [6.07, 6.45) is -0.00855. The highest BCUT2D eigenvalue weighted by molar-refractivity contribution is 6.30. The van der Waals surface area contributed by atoms with Gasteiger partial charge in [-0.25, -0.2) is 4.79 Å². The molecule has 0 fully saturated rings. The number of Topliss-reactive ketones (excluding diaryl/α,β-unsaturated/α-hetero) is 1. The molecule has 0 aliphatic rings. The second-order valence-electron chi connectivity index (χ2n) is 5.73. The van der Waals surface area contributed by atoms with E-state index >= 15 is 0 Å². The summed E-state index contributed by atoms with van der Waals surface area (Å²) in [5.74, 6) is 0.0767. The van der Waals surface area contributed by atoms with Crippen LogP contribution in [0.1, 0.15) is 34.1 Å². The Balaban J connectivity index is 2.77. The Morgan fingerprint density at radius 2 is 1.82 bits per heavy atom. The van der Waals surface area contributed by atoms with E-state index in [1.165, 1.54) is 0 Å². The maximum absolute atomic E-state index is 12.0. The number of carbonyl (C=O) groups excluding carboxylic acids is 2. The van der Waals surface area contributed by atoms with Crippen molar-refractivity contribution < 1.29 is 14.3 Å². The molecule has 1 N–H and O–H groups in total. The number of hydrogen-bond acceptors (Lipinski definition) is 3. The van der Waals surface area contributed by atoms with Crippen LogP contribution >= 0.6 is 11.6 Å². The predicted octanol–water partition coefficient (Wildman–Crippen LogP) is 4.31. The van der Waals surface area contributed by atoms with Crippen LogP contribution < -0.4 is 5.32 Å². The van der Waals surface area contributed by atoms with E-state index in [1.807, 2.05) is 20.8 Å². The molecule has 0 saturated heterocycles. The maximum atomic E-state index is 12.0. The van der Waals surface area contributed by atoms with Gasteiger partial charge >= 0.3 is 6.03 Å². The monoisotopic (exact) mass is 324 g/mol. The van der Waals surface area contributed by atoms with Gasteiger partial charge < -0.3 is 10.1 Å². The fraction of sp³-hybridized carbons (Fsp3) is 0.438. The second-order valence-corrected chi connectivity index (χ2v) is 6.16. The summed E-state index contributed by atoms with van der Waals surface area (Å²) in [5, 5.41) is 3.17. The molecular weight excluding hydrogens is 304 g/mol. The molecule has 0 spiro atoms. The van der Waals surface area contributed by atoms with Crippen molar-refractivity contribution in [1.29, 1.82) is 0 Å². The Kier molecular flexibility index (Phi) is 6.56. The Morgan fingerprint density at radius 1 is 1.23 bits per heavy atom. The minimum atomic E-state index is -0.590. The van der Waals surface area contributed by atoms with Crippen molar-refractivity contribution in [2.45, 2.75) is 34.1 Å². The number of ketones is 1. The van der Waals surface area contributed by atoms with Crippen molar-refractivity contribution >= 4 is 35.0 Å². The minimum Gasteiger partial charge on any atom is -0.481 e. The molecule has 0 radical (unpaired) electrons. The van der Waals surface area contributed by atoms with Gasteiger partial charge in [-0.1, -0.05) is 32.4 Å². The van der Waals surface area contributed by atoms with Crippen LogP contribution in [0, 0.1) is 5.41 Å². The highest BCUT2D eigenvalue weighted by atomic mass is 35.5. The van der Waals surface area contributed by atoms with Gasteiger partial charge in [-0.2, -0.15) is 4.99 Å². The Hall–Kier alpha value is -1.88. The molecular formula is C16H21ClN2O3. The van der Waals surface area contributed by atoms with E-state index < -0.39 is 11.4 Å². The molecule has 1 aromatic rings. The van der Waals surface area contributed by atoms with Gasteiger partial charge in [-0.15, -0.1) is 0 Å². The van der Waals surface area contributed by atoms with E-state index in [-0.39, 0.29) is 18.1 Å². The minimum absolute atomic E-state index is 0.00855. The molecule has 6 heteroatoms. The summed E-state index contributed by atoms with van der Waals surface area (Å²) in [4.78, 5) is 27.7. The molecule has 0 bridgehead atoms. The molecule has 0 aliphatic heterocycles. The summed E-state index contributed by atoms with van der Waals surface area (Å²) in [7, 11) is 0. The quantitative estimate of drug-likeness (QED) is 0.662. The van der Waals surface area contributed by atoms with Gasteiger partial charge in [0, 0.05) is 16.1 Å². The average Bonchev–Trinajstić information content (AvgIpc) is 2.40. The fourth-order valence-electron chi connectivity index (χ4n) is 1.49. The zero-order valence-corrected chi connectivity index (χ0v) is 14.0. The number of hydrogen-bond donors (Lipinski definition) is 1. The largest absolute Gasteiger partial charge is 0.481 e. The lowest BCUT2D eigenvalue weighted by atomic mass is 9.89. The summed E-state index contributed by atoms with van der Waals surface area (Å²) in [6, 6.07) is 6.06. The molecule has 0 aliphatic carbocycles. The molecule has 22 heavy (non-hydrogen) atoms. The number of rotatable bonds is 4. The van der Waals surface area contributed by atoms with Gasteiger partial charge in [0.15, 0.2) is 0 Å². The van der Waals surface area contributed by atoms with E-state index in [0.717, 1.165) is 0 Å². The van der Waals surface area contributed by atoms with Crippen molar-refractivity contribution in [2.75, 3.05) is 11.9 Å². The van der Waals surface area contributed by atoms with E-state index in [4.69, 9.17) is 16.3 Å². The van der Waals surface area contributed by atoms with E-state index in [2.05, 4.69) is 10.3 Å². The van der Waals surface area contributed by atoms with Crippen LogP contribution in [0.25, 0.3) is 0 Å². The first-order valence-electron chi connectivity index (χ1n) is 7.02. The highest BCUT2D eigenvalue weighted by Crippen LogP contribution is 2.18. The first kappa shape index (κ1) is 18.2. The van der Waals surface area contributed by atoms with Crippen LogP contribution in [0.4, 0.5) is 10.5 Å². The van der Waals surface area contributed by atoms with E-state index in [9.17, 15) is 9.59 Å². The lowest BCUT2D eigenvalue weighted by Crippen LogP contribution is -2.25. The van der Waals surface area contributed by atoms with Gasteiger partial charge in [0.05, 0.1) is 13.0 Å². The van der Waals surface area contributed by atoms with Gasteiger partial charge in [0.25, 0.3) is 0 Å². The number of urea groups is 1. The second kappa shape index (κ2) is 7.94. The predicted molar refractivity (Wildman–Crippen MR) is 88.6 cm³/mol. The van der Waals surface area contributed by atoms with Crippen LogP contribution in [0.5, 0.6) is 0 Å². The number of aliphatic imine (C=N–C) groups is 1. The first-order valence-corrected chi connectivity index (χ1v) is 7.40. The summed E-state index contributed by atoms with van der Waals surface area (Å²) >= 11 is 5.78. The zero-order valence-electron chi connectivity index (χ0n) is 13.3. The number of amides is 2. The summed E-state index contributed by atoms with van der Waals surface area (Å²) in [6.45, 7) is 7.55. The lowest BCUT2D eigenvalue weighted by molar-refractivity contribution is -0.125. The number of nitrogens with one attached hydrogen (secondary N) is 1. The molecule has 0 unspecified atom stereocenters. The summed E-state index contributed by atoms with van der Waals surface area (Å²) in [5.41, 5.74) is 0.0565. The highest BCUT2D eigenvalue weighted by Gasteiger charge is 2.23. The number of anilines is 1. The third kappa shape index (κ3) is 6.26. The molecule has 0 saturated carbocycles. The van der Waals surface area contributed by atoms with Gasteiger partial charge in [0.2, 0.25) is 5.90 Å². The van der Waals surface area contributed by atoms with Crippen LogP contribution in [0.15, 0.2) is 29.3 Å². The van der Waals surface area contributed by atoms with Crippen molar-refractivity contribution in [1.82, 2.24) is 0 Å².